The van der Waals surface area contributed by atoms with Gasteiger partial charge in [0.1, 0.15) is 5.56 Å². The highest BCUT2D eigenvalue weighted by Crippen LogP contribution is 2.27. The smallest absolute Gasteiger partial charge is 0.325 e. The topological polar surface area (TPSA) is 98.1 Å². The van der Waals surface area contributed by atoms with Gasteiger partial charge in [0.05, 0.1) is 0 Å². The van der Waals surface area contributed by atoms with Crippen molar-refractivity contribution in [2.24, 2.45) is 5.92 Å². The van der Waals surface area contributed by atoms with Gasteiger partial charge >= 0.3 is 5.69 Å². The van der Waals surface area contributed by atoms with E-state index in [0.717, 1.165) is 19.5 Å². The third-order valence-electron chi connectivity index (χ3n) is 3.76. The number of hydrogen-bond donors (Lipinski definition) is 3. The number of carbonyl (C=O) groups is 1. The van der Waals surface area contributed by atoms with Crippen LogP contribution in [0.3, 0.4) is 0 Å². The molecule has 2 saturated heterocycles. The summed E-state index contributed by atoms with van der Waals surface area (Å²) in [4.78, 5) is 40.9. The van der Waals surface area contributed by atoms with Gasteiger partial charge in [0.2, 0.25) is 0 Å². The Balaban J connectivity index is 1.91. The fourth-order valence-corrected chi connectivity index (χ4v) is 2.82. The largest absolute Gasteiger partial charge is 0.334 e. The zero-order valence-electron chi connectivity index (χ0n) is 9.73. The fraction of sp³-hybridized carbons (Fsp3) is 0.545. The van der Waals surface area contributed by atoms with E-state index >= 15 is 0 Å². The number of rotatable bonds is 1. The Labute approximate surface area is 102 Å². The van der Waals surface area contributed by atoms with Crippen LogP contribution in [0.15, 0.2) is 15.8 Å². The lowest BCUT2D eigenvalue weighted by atomic mass is 10.1. The molecule has 2 aliphatic heterocycles. The second kappa shape index (κ2) is 4.09. The molecule has 0 saturated carbocycles. The molecule has 0 spiro atoms. The van der Waals surface area contributed by atoms with Crippen molar-refractivity contribution in [1.29, 1.82) is 0 Å². The van der Waals surface area contributed by atoms with E-state index in [4.69, 9.17) is 0 Å². The van der Waals surface area contributed by atoms with Gasteiger partial charge in [-0.2, -0.15) is 0 Å². The summed E-state index contributed by atoms with van der Waals surface area (Å²) >= 11 is 0. The number of carbonyl (C=O) groups excluding carboxylic acids is 1. The second-order valence-electron chi connectivity index (χ2n) is 4.76. The van der Waals surface area contributed by atoms with E-state index in [1.165, 1.54) is 6.20 Å². The van der Waals surface area contributed by atoms with Crippen LogP contribution >= 0.6 is 0 Å². The van der Waals surface area contributed by atoms with Gasteiger partial charge in [-0.1, -0.05) is 0 Å². The number of nitrogens with one attached hydrogen (secondary N) is 3. The molecule has 1 amide bonds. The van der Waals surface area contributed by atoms with Gasteiger partial charge in [-0.05, 0) is 12.3 Å². The van der Waals surface area contributed by atoms with E-state index in [1.54, 1.807) is 4.90 Å². The highest BCUT2D eigenvalue weighted by Gasteiger charge is 2.40. The number of hydrogen-bond acceptors (Lipinski definition) is 4. The quantitative estimate of drug-likeness (QED) is 0.565. The van der Waals surface area contributed by atoms with Gasteiger partial charge in [0, 0.05) is 31.9 Å². The maximum absolute atomic E-state index is 12.3. The first-order valence-electron chi connectivity index (χ1n) is 6.00. The van der Waals surface area contributed by atoms with Crippen molar-refractivity contribution in [2.75, 3.05) is 19.6 Å². The molecular weight excluding hydrogens is 236 g/mol. The Bertz CT molecular complexity index is 590. The van der Waals surface area contributed by atoms with E-state index in [-0.39, 0.29) is 17.5 Å². The van der Waals surface area contributed by atoms with Crippen LogP contribution in [-0.4, -0.2) is 46.5 Å². The molecule has 0 aliphatic carbocycles. The Morgan fingerprint density at radius 3 is 2.94 bits per heavy atom. The number of aromatic nitrogens is 2. The number of aromatic amines is 2. The summed E-state index contributed by atoms with van der Waals surface area (Å²) in [6.07, 6.45) is 2.16. The number of H-pyrrole nitrogens is 2. The first-order chi connectivity index (χ1) is 8.66. The molecule has 1 aromatic rings. The van der Waals surface area contributed by atoms with Crippen molar-refractivity contribution in [3.8, 4) is 0 Å². The first-order valence-corrected chi connectivity index (χ1v) is 6.00. The van der Waals surface area contributed by atoms with Crippen LogP contribution in [0.5, 0.6) is 0 Å². The summed E-state index contributed by atoms with van der Waals surface area (Å²) in [6, 6.07) is 0.170. The molecule has 3 rings (SSSR count). The molecule has 1 aromatic heterocycles. The molecule has 3 N–H and O–H groups in total. The van der Waals surface area contributed by atoms with E-state index in [1.807, 2.05) is 0 Å². The van der Waals surface area contributed by atoms with Crippen LogP contribution in [0.2, 0.25) is 0 Å². The van der Waals surface area contributed by atoms with Crippen molar-refractivity contribution >= 4 is 5.91 Å². The molecule has 0 radical (unpaired) electrons. The van der Waals surface area contributed by atoms with E-state index < -0.39 is 11.2 Å². The zero-order chi connectivity index (χ0) is 12.7. The van der Waals surface area contributed by atoms with Crippen molar-refractivity contribution in [3.63, 3.8) is 0 Å². The molecule has 0 aromatic carbocycles. The van der Waals surface area contributed by atoms with Gasteiger partial charge in [-0.25, -0.2) is 4.79 Å². The van der Waals surface area contributed by atoms with Crippen LogP contribution in [0.4, 0.5) is 0 Å². The summed E-state index contributed by atoms with van der Waals surface area (Å²) in [6.45, 7) is 2.38. The molecule has 2 fully saturated rings. The average Bonchev–Trinajstić information content (AvgIpc) is 2.89. The Morgan fingerprint density at radius 1 is 1.33 bits per heavy atom. The third-order valence-corrected chi connectivity index (χ3v) is 3.76. The lowest BCUT2D eigenvalue weighted by molar-refractivity contribution is 0.0734. The van der Waals surface area contributed by atoms with Crippen molar-refractivity contribution in [3.05, 3.63) is 32.6 Å². The zero-order valence-corrected chi connectivity index (χ0v) is 9.73. The summed E-state index contributed by atoms with van der Waals surface area (Å²) in [5.74, 6) is 0.180. The minimum atomic E-state index is -0.627. The average molecular weight is 250 g/mol. The number of likely N-dealkylation sites (tertiary alicyclic amines) is 1. The highest BCUT2D eigenvalue weighted by molar-refractivity contribution is 5.94. The van der Waals surface area contributed by atoms with Crippen LogP contribution in [0.25, 0.3) is 0 Å². The number of fused-ring (bicyclic) bond motifs is 1. The number of nitrogens with zero attached hydrogens (tertiary/aromatic N) is 1. The van der Waals surface area contributed by atoms with Crippen LogP contribution in [-0.2, 0) is 0 Å². The van der Waals surface area contributed by atoms with Crippen molar-refractivity contribution in [2.45, 2.75) is 12.5 Å². The maximum atomic E-state index is 12.3. The summed E-state index contributed by atoms with van der Waals surface area (Å²) < 4.78 is 0. The van der Waals surface area contributed by atoms with Crippen LogP contribution in [0.1, 0.15) is 16.8 Å². The molecule has 0 bridgehead atoms. The SMILES string of the molecule is O=C(c1c[nH]c(=O)[nH]c1=O)N1CC[C@H]2CNC[C@H]21. The maximum Gasteiger partial charge on any atom is 0.325 e. The summed E-state index contributed by atoms with van der Waals surface area (Å²) in [5, 5.41) is 3.25. The number of amides is 1. The van der Waals surface area contributed by atoms with E-state index in [2.05, 4.69) is 15.3 Å². The molecule has 0 unspecified atom stereocenters. The minimum Gasteiger partial charge on any atom is -0.334 e. The van der Waals surface area contributed by atoms with Gasteiger partial charge in [-0.3, -0.25) is 14.6 Å². The summed E-state index contributed by atoms with van der Waals surface area (Å²) in [5.41, 5.74) is -1.22. The molecular formula is C11H14N4O3. The monoisotopic (exact) mass is 250 g/mol. The predicted octanol–water partition coefficient (Wildman–Crippen LogP) is -1.50. The second-order valence-corrected chi connectivity index (χ2v) is 4.76. The Kier molecular flexibility index (Phi) is 2.55. The van der Waals surface area contributed by atoms with Crippen LogP contribution < -0.4 is 16.6 Å². The fourth-order valence-electron chi connectivity index (χ4n) is 2.82. The first kappa shape index (κ1) is 11.2. The predicted molar refractivity (Wildman–Crippen MR) is 63.5 cm³/mol. The van der Waals surface area contributed by atoms with Gasteiger partial charge in [0.25, 0.3) is 11.5 Å². The molecule has 96 valence electrons. The highest BCUT2D eigenvalue weighted by atomic mass is 16.2. The lowest BCUT2D eigenvalue weighted by Crippen LogP contribution is -2.42. The van der Waals surface area contributed by atoms with E-state index in [0.29, 0.717) is 12.5 Å². The summed E-state index contributed by atoms with van der Waals surface area (Å²) in [7, 11) is 0. The molecule has 2 aliphatic rings. The van der Waals surface area contributed by atoms with Crippen LogP contribution in [0, 0.1) is 5.92 Å². The molecule has 7 nitrogen and oxygen atoms in total. The van der Waals surface area contributed by atoms with Gasteiger partial charge in [-0.15, -0.1) is 0 Å². The minimum absolute atomic E-state index is 0.00199. The third kappa shape index (κ3) is 1.67. The van der Waals surface area contributed by atoms with Crippen molar-refractivity contribution < 1.29 is 4.79 Å². The molecule has 2 atom stereocenters. The lowest BCUT2D eigenvalue weighted by Gasteiger charge is -2.22. The normalized spacial score (nSPS) is 26.3. The van der Waals surface area contributed by atoms with Gasteiger partial charge in [0.15, 0.2) is 0 Å². The van der Waals surface area contributed by atoms with E-state index in [9.17, 15) is 14.4 Å². The molecule has 7 heteroatoms. The van der Waals surface area contributed by atoms with Gasteiger partial charge < -0.3 is 15.2 Å². The molecule has 3 heterocycles. The van der Waals surface area contributed by atoms with Crippen molar-refractivity contribution in [1.82, 2.24) is 20.2 Å². The standard InChI is InChI=1S/C11H14N4O3/c16-9-7(4-13-11(18)14-9)10(17)15-2-1-6-3-12-5-8(6)15/h4,6,8,12H,1-3,5H2,(H2,13,14,16,18)/t6-,8+/m0/s1. The molecule has 18 heavy (non-hydrogen) atoms. The Hall–Kier alpha value is -1.89. The Morgan fingerprint density at radius 2 is 2.17 bits per heavy atom.